The molecule has 0 saturated carbocycles. The van der Waals surface area contributed by atoms with E-state index in [-0.39, 0.29) is 31.1 Å². The second kappa shape index (κ2) is 47.8. The lowest BCUT2D eigenvalue weighted by Gasteiger charge is -2.18. The molecular weight excluding hydrogens is 733 g/mol. The summed E-state index contributed by atoms with van der Waals surface area (Å²) < 4.78 is 16.7. The van der Waals surface area contributed by atoms with E-state index >= 15 is 0 Å². The van der Waals surface area contributed by atoms with Gasteiger partial charge in [0.25, 0.3) is 0 Å². The van der Waals surface area contributed by atoms with E-state index in [0.29, 0.717) is 19.3 Å². The van der Waals surface area contributed by atoms with Gasteiger partial charge in [-0.05, 0) is 83.5 Å². The van der Waals surface area contributed by atoms with Gasteiger partial charge in [-0.1, -0.05) is 197 Å². The van der Waals surface area contributed by atoms with Gasteiger partial charge in [0.1, 0.15) is 13.2 Å². The van der Waals surface area contributed by atoms with Crippen LogP contribution in [-0.4, -0.2) is 37.2 Å². The van der Waals surface area contributed by atoms with Crippen LogP contribution < -0.4 is 0 Å². The molecule has 0 fully saturated rings. The van der Waals surface area contributed by atoms with Crippen LogP contribution >= 0.6 is 0 Å². The van der Waals surface area contributed by atoms with Crippen molar-refractivity contribution >= 4 is 17.9 Å². The van der Waals surface area contributed by atoms with E-state index in [0.717, 1.165) is 89.9 Å². The van der Waals surface area contributed by atoms with Crippen molar-refractivity contribution in [2.45, 2.75) is 245 Å². The third-order valence-electron chi connectivity index (χ3n) is 10.5. The summed E-state index contributed by atoms with van der Waals surface area (Å²) in [5.41, 5.74) is 0. The summed E-state index contributed by atoms with van der Waals surface area (Å²) in [5, 5.41) is 0. The van der Waals surface area contributed by atoms with Crippen molar-refractivity contribution in [3.05, 3.63) is 60.8 Å². The van der Waals surface area contributed by atoms with Crippen LogP contribution in [0.4, 0.5) is 0 Å². The van der Waals surface area contributed by atoms with Gasteiger partial charge in [0.15, 0.2) is 6.10 Å². The first-order valence-electron chi connectivity index (χ1n) is 24.8. The van der Waals surface area contributed by atoms with Gasteiger partial charge in [-0.2, -0.15) is 0 Å². The third kappa shape index (κ3) is 46.0. The minimum atomic E-state index is -0.786. The van der Waals surface area contributed by atoms with E-state index in [9.17, 15) is 14.4 Å². The van der Waals surface area contributed by atoms with E-state index in [1.165, 1.54) is 109 Å². The number of hydrogen-bond donors (Lipinski definition) is 0. The molecule has 0 aromatic carbocycles. The summed E-state index contributed by atoms with van der Waals surface area (Å²) in [5.74, 6) is -0.927. The molecule has 0 spiro atoms. The zero-order chi connectivity index (χ0) is 43.0. The van der Waals surface area contributed by atoms with Gasteiger partial charge < -0.3 is 14.2 Å². The van der Waals surface area contributed by atoms with Crippen molar-refractivity contribution in [3.63, 3.8) is 0 Å². The van der Waals surface area contributed by atoms with Crippen LogP contribution in [0.1, 0.15) is 239 Å². The molecule has 59 heavy (non-hydrogen) atoms. The molecule has 1 unspecified atom stereocenters. The van der Waals surface area contributed by atoms with Gasteiger partial charge in [0.2, 0.25) is 0 Å². The topological polar surface area (TPSA) is 78.9 Å². The summed E-state index contributed by atoms with van der Waals surface area (Å²) in [6.45, 7) is 6.44. The first-order valence-corrected chi connectivity index (χ1v) is 24.8. The van der Waals surface area contributed by atoms with Crippen LogP contribution in [0.2, 0.25) is 0 Å². The smallest absolute Gasteiger partial charge is 0.306 e. The predicted octanol–water partition coefficient (Wildman–Crippen LogP) is 16.1. The monoisotopic (exact) mass is 825 g/mol. The Morgan fingerprint density at radius 2 is 0.661 bits per heavy atom. The molecule has 0 saturated heterocycles. The summed E-state index contributed by atoms with van der Waals surface area (Å²) in [6, 6.07) is 0. The highest BCUT2D eigenvalue weighted by molar-refractivity contribution is 5.71. The maximum Gasteiger partial charge on any atom is 0.306 e. The molecule has 0 N–H and O–H groups in total. The molecule has 0 aromatic heterocycles. The zero-order valence-electron chi connectivity index (χ0n) is 38.8. The van der Waals surface area contributed by atoms with E-state index in [1.54, 1.807) is 0 Å². The number of esters is 3. The average Bonchev–Trinajstić information content (AvgIpc) is 3.23. The van der Waals surface area contributed by atoms with E-state index in [2.05, 4.69) is 81.5 Å². The average molecular weight is 825 g/mol. The molecular formula is C53H92O6. The van der Waals surface area contributed by atoms with Gasteiger partial charge in [-0.15, -0.1) is 0 Å². The third-order valence-corrected chi connectivity index (χ3v) is 10.5. The lowest BCUT2D eigenvalue weighted by molar-refractivity contribution is -0.167. The first kappa shape index (κ1) is 56.1. The Balaban J connectivity index is 4.25. The Morgan fingerprint density at radius 1 is 0.356 bits per heavy atom. The van der Waals surface area contributed by atoms with E-state index in [4.69, 9.17) is 14.2 Å². The highest BCUT2D eigenvalue weighted by Gasteiger charge is 2.19. The van der Waals surface area contributed by atoms with E-state index in [1.807, 2.05) is 0 Å². The van der Waals surface area contributed by atoms with Gasteiger partial charge in [0, 0.05) is 19.3 Å². The number of carbonyl (C=O) groups is 3. The Bertz CT molecular complexity index is 1090. The molecule has 6 nitrogen and oxygen atoms in total. The lowest BCUT2D eigenvalue weighted by Crippen LogP contribution is -2.30. The largest absolute Gasteiger partial charge is 0.462 e. The van der Waals surface area contributed by atoms with E-state index < -0.39 is 6.10 Å². The van der Waals surface area contributed by atoms with Crippen LogP contribution in [0.25, 0.3) is 0 Å². The quantitative estimate of drug-likeness (QED) is 0.0263. The minimum Gasteiger partial charge on any atom is -0.462 e. The molecule has 0 amide bonds. The number of hydrogen-bond acceptors (Lipinski definition) is 6. The van der Waals surface area contributed by atoms with Crippen molar-refractivity contribution in [1.29, 1.82) is 0 Å². The Hall–Kier alpha value is -2.89. The fraction of sp³-hybridized carbons (Fsp3) is 0.755. The molecule has 0 aliphatic carbocycles. The summed E-state index contributed by atoms with van der Waals surface area (Å²) in [7, 11) is 0. The van der Waals surface area contributed by atoms with Crippen molar-refractivity contribution in [1.82, 2.24) is 0 Å². The first-order chi connectivity index (χ1) is 29.0. The molecule has 340 valence electrons. The maximum absolute atomic E-state index is 12.7. The number of unbranched alkanes of at least 4 members (excludes halogenated alkanes) is 23. The SMILES string of the molecule is CC/C=C\C/C=C\C/C=C\CCCCCC(=O)OC(COC(=O)CCCCCCCCC)COC(=O)CCCCCCCCCCC/C=C\C/C=C\CCCCCCC. The molecule has 0 aromatic rings. The molecule has 0 radical (unpaired) electrons. The number of ether oxygens (including phenoxy) is 3. The molecule has 0 aliphatic heterocycles. The molecule has 6 heteroatoms. The van der Waals surface area contributed by atoms with Gasteiger partial charge in [0.05, 0.1) is 0 Å². The zero-order valence-corrected chi connectivity index (χ0v) is 38.8. The van der Waals surface area contributed by atoms with Gasteiger partial charge in [-0.3, -0.25) is 14.4 Å². The highest BCUT2D eigenvalue weighted by atomic mass is 16.6. The minimum absolute atomic E-state index is 0.0872. The number of allylic oxidation sites excluding steroid dienone is 10. The Morgan fingerprint density at radius 3 is 1.05 bits per heavy atom. The molecule has 0 aliphatic rings. The predicted molar refractivity (Wildman–Crippen MR) is 251 cm³/mol. The van der Waals surface area contributed by atoms with Gasteiger partial charge in [-0.25, -0.2) is 0 Å². The summed E-state index contributed by atoms with van der Waals surface area (Å²) in [4.78, 5) is 37.7. The summed E-state index contributed by atoms with van der Waals surface area (Å²) >= 11 is 0. The van der Waals surface area contributed by atoms with Crippen LogP contribution in [0.15, 0.2) is 60.8 Å². The Labute approximate surface area is 364 Å². The van der Waals surface area contributed by atoms with Crippen LogP contribution in [0.5, 0.6) is 0 Å². The van der Waals surface area contributed by atoms with Crippen LogP contribution in [-0.2, 0) is 28.6 Å². The number of carbonyl (C=O) groups excluding carboxylic acids is 3. The second-order valence-corrected chi connectivity index (χ2v) is 16.3. The second-order valence-electron chi connectivity index (χ2n) is 16.3. The molecule has 0 bridgehead atoms. The van der Waals surface area contributed by atoms with Gasteiger partial charge >= 0.3 is 17.9 Å². The maximum atomic E-state index is 12.7. The van der Waals surface area contributed by atoms with Crippen molar-refractivity contribution < 1.29 is 28.6 Å². The normalized spacial score (nSPS) is 12.5. The van der Waals surface area contributed by atoms with Crippen LogP contribution in [0.3, 0.4) is 0 Å². The fourth-order valence-corrected chi connectivity index (χ4v) is 6.78. The number of rotatable bonds is 44. The molecule has 0 rings (SSSR count). The lowest BCUT2D eigenvalue weighted by atomic mass is 10.1. The fourth-order valence-electron chi connectivity index (χ4n) is 6.78. The van der Waals surface area contributed by atoms with Crippen LogP contribution in [0, 0.1) is 0 Å². The van der Waals surface area contributed by atoms with Crippen molar-refractivity contribution in [2.24, 2.45) is 0 Å². The Kier molecular flexibility index (Phi) is 45.4. The summed E-state index contributed by atoms with van der Waals surface area (Å²) in [6.07, 6.45) is 58.0. The molecule has 0 heterocycles. The van der Waals surface area contributed by atoms with Crippen molar-refractivity contribution in [2.75, 3.05) is 13.2 Å². The standard InChI is InChI=1S/C53H92O6/c1-4-7-10-13-16-18-20-22-23-24-25-26-27-28-29-31-32-34-37-40-43-46-52(55)58-49-50(48-57-51(54)45-42-39-36-15-12-9-6-3)59-53(56)47-44-41-38-35-33-30-21-19-17-14-11-8-5-2/h8,11,17,19-20,22,24-25,30,33,50H,4-7,9-10,12-16,18,21,23,26-29,31-32,34-49H2,1-3H3/b11-8-,19-17-,22-20-,25-24-,33-30-. The van der Waals surface area contributed by atoms with Crippen molar-refractivity contribution in [3.8, 4) is 0 Å². The molecule has 1 atom stereocenters. The highest BCUT2D eigenvalue weighted by Crippen LogP contribution is 2.14.